The first-order chi connectivity index (χ1) is 7.29. The monoisotopic (exact) mass is 220 g/mol. The molecular formula is C11H12N2OS. The third kappa shape index (κ3) is 2.22. The van der Waals surface area contributed by atoms with Crippen molar-refractivity contribution in [3.63, 3.8) is 0 Å². The van der Waals surface area contributed by atoms with Crippen molar-refractivity contribution in [2.75, 3.05) is 0 Å². The van der Waals surface area contributed by atoms with Crippen molar-refractivity contribution in [2.24, 2.45) is 0 Å². The molecule has 78 valence electrons. The predicted octanol–water partition coefficient (Wildman–Crippen LogP) is 2.38. The second kappa shape index (κ2) is 4.51. The molecule has 1 N–H and O–H groups in total. The number of nitrogens with zero attached hydrogens (tertiary/aromatic N) is 2. The number of thiazole rings is 1. The van der Waals surface area contributed by atoms with Crippen molar-refractivity contribution in [2.45, 2.75) is 18.9 Å². The first-order valence-corrected chi connectivity index (χ1v) is 5.63. The largest absolute Gasteiger partial charge is 0.387 e. The van der Waals surface area contributed by atoms with Gasteiger partial charge in [0.05, 0.1) is 16.5 Å². The minimum absolute atomic E-state index is 0.0634. The van der Waals surface area contributed by atoms with E-state index in [2.05, 4.69) is 9.97 Å². The van der Waals surface area contributed by atoms with Crippen LogP contribution in [-0.2, 0) is 0 Å². The van der Waals surface area contributed by atoms with Crippen LogP contribution < -0.4 is 0 Å². The number of pyridine rings is 1. The summed E-state index contributed by atoms with van der Waals surface area (Å²) in [5.74, 6) is 0.0634. The van der Waals surface area contributed by atoms with Crippen molar-refractivity contribution in [3.05, 3.63) is 46.7 Å². The zero-order chi connectivity index (χ0) is 10.7. The number of hydrogen-bond donors (Lipinski definition) is 1. The molecule has 0 saturated carbocycles. The van der Waals surface area contributed by atoms with Crippen molar-refractivity contribution in [3.8, 4) is 0 Å². The van der Waals surface area contributed by atoms with Crippen LogP contribution >= 0.6 is 11.3 Å². The first-order valence-electron chi connectivity index (χ1n) is 4.75. The molecule has 0 aliphatic carbocycles. The maximum absolute atomic E-state index is 10.1. The third-order valence-electron chi connectivity index (χ3n) is 2.45. The highest BCUT2D eigenvalue weighted by Crippen LogP contribution is 2.31. The fourth-order valence-corrected chi connectivity index (χ4v) is 2.18. The highest BCUT2D eigenvalue weighted by Gasteiger charge is 2.19. The minimum Gasteiger partial charge on any atom is -0.387 e. The second-order valence-corrected chi connectivity index (χ2v) is 4.34. The molecule has 0 fully saturated rings. The van der Waals surface area contributed by atoms with E-state index in [4.69, 9.17) is 0 Å². The minimum atomic E-state index is -0.486. The van der Waals surface area contributed by atoms with E-state index in [-0.39, 0.29) is 5.92 Å². The molecule has 0 aromatic carbocycles. The number of aliphatic hydroxyl groups excluding tert-OH is 1. The van der Waals surface area contributed by atoms with Crippen LogP contribution in [0.3, 0.4) is 0 Å². The molecular weight excluding hydrogens is 208 g/mol. The Labute approximate surface area is 92.5 Å². The zero-order valence-electron chi connectivity index (χ0n) is 8.37. The lowest BCUT2D eigenvalue weighted by molar-refractivity contribution is 0.155. The molecule has 0 amide bonds. The van der Waals surface area contributed by atoms with Gasteiger partial charge in [0.2, 0.25) is 0 Å². The second-order valence-electron chi connectivity index (χ2n) is 3.42. The van der Waals surface area contributed by atoms with Crippen LogP contribution in [-0.4, -0.2) is 15.1 Å². The van der Waals surface area contributed by atoms with Gasteiger partial charge in [-0.05, 0) is 17.7 Å². The SMILES string of the molecule is CC(c1ccncc1)C(O)c1cncs1. The summed E-state index contributed by atoms with van der Waals surface area (Å²) in [5, 5.41) is 10.1. The molecule has 2 rings (SSSR count). The van der Waals surface area contributed by atoms with E-state index in [1.165, 1.54) is 11.3 Å². The van der Waals surface area contributed by atoms with E-state index in [9.17, 15) is 5.11 Å². The standard InChI is InChI=1S/C11H12N2OS/c1-8(9-2-4-12-5-3-9)11(14)10-6-13-7-15-10/h2-8,11,14H,1H3. The Morgan fingerprint density at radius 2 is 2.00 bits per heavy atom. The summed E-state index contributed by atoms with van der Waals surface area (Å²) < 4.78 is 0. The van der Waals surface area contributed by atoms with E-state index < -0.39 is 6.10 Å². The molecule has 0 bridgehead atoms. The predicted molar refractivity (Wildman–Crippen MR) is 59.7 cm³/mol. The quantitative estimate of drug-likeness (QED) is 0.863. The lowest BCUT2D eigenvalue weighted by atomic mass is 9.96. The molecule has 2 heterocycles. The Morgan fingerprint density at radius 1 is 1.27 bits per heavy atom. The van der Waals surface area contributed by atoms with Gasteiger partial charge in [-0.15, -0.1) is 11.3 Å². The molecule has 4 heteroatoms. The molecule has 0 saturated heterocycles. The van der Waals surface area contributed by atoms with Crippen molar-refractivity contribution in [1.82, 2.24) is 9.97 Å². The van der Waals surface area contributed by atoms with Crippen molar-refractivity contribution >= 4 is 11.3 Å². The van der Waals surface area contributed by atoms with Crippen LogP contribution in [0.1, 0.15) is 29.4 Å². The topological polar surface area (TPSA) is 46.0 Å². The highest BCUT2D eigenvalue weighted by molar-refractivity contribution is 7.09. The van der Waals surface area contributed by atoms with Gasteiger partial charge in [-0.2, -0.15) is 0 Å². The molecule has 3 nitrogen and oxygen atoms in total. The van der Waals surface area contributed by atoms with Crippen LogP contribution in [0.25, 0.3) is 0 Å². The summed E-state index contributed by atoms with van der Waals surface area (Å²) in [5.41, 5.74) is 2.82. The Hall–Kier alpha value is -1.26. The summed E-state index contributed by atoms with van der Waals surface area (Å²) >= 11 is 1.48. The van der Waals surface area contributed by atoms with Crippen LogP contribution in [0.4, 0.5) is 0 Å². The average Bonchev–Trinajstić information content (AvgIpc) is 2.82. The zero-order valence-corrected chi connectivity index (χ0v) is 9.19. The van der Waals surface area contributed by atoms with Crippen molar-refractivity contribution in [1.29, 1.82) is 0 Å². The van der Waals surface area contributed by atoms with Gasteiger partial charge in [0.1, 0.15) is 0 Å². The average molecular weight is 220 g/mol. The van der Waals surface area contributed by atoms with Gasteiger partial charge in [0.15, 0.2) is 0 Å². The fourth-order valence-electron chi connectivity index (χ4n) is 1.47. The Morgan fingerprint density at radius 3 is 2.60 bits per heavy atom. The Balaban J connectivity index is 2.18. The highest BCUT2D eigenvalue weighted by atomic mass is 32.1. The number of hydrogen-bond acceptors (Lipinski definition) is 4. The molecule has 0 aliphatic rings. The summed E-state index contributed by atoms with van der Waals surface area (Å²) in [6.07, 6.45) is 4.71. The van der Waals surface area contributed by atoms with Gasteiger partial charge in [-0.3, -0.25) is 9.97 Å². The number of rotatable bonds is 3. The molecule has 2 aromatic heterocycles. The normalized spacial score (nSPS) is 14.8. The van der Waals surface area contributed by atoms with Gasteiger partial charge in [-0.25, -0.2) is 0 Å². The Bertz CT molecular complexity index is 402. The lowest BCUT2D eigenvalue weighted by Gasteiger charge is -2.17. The first kappa shape index (κ1) is 10.3. The third-order valence-corrected chi connectivity index (χ3v) is 3.29. The summed E-state index contributed by atoms with van der Waals surface area (Å²) in [6, 6.07) is 3.85. The van der Waals surface area contributed by atoms with E-state index in [0.29, 0.717) is 0 Å². The van der Waals surface area contributed by atoms with Gasteiger partial charge in [0, 0.05) is 24.5 Å². The Kier molecular flexibility index (Phi) is 3.08. The summed E-state index contributed by atoms with van der Waals surface area (Å²) in [4.78, 5) is 8.83. The van der Waals surface area contributed by atoms with E-state index >= 15 is 0 Å². The van der Waals surface area contributed by atoms with Crippen LogP contribution in [0.2, 0.25) is 0 Å². The summed E-state index contributed by atoms with van der Waals surface area (Å²) in [6.45, 7) is 2.00. The molecule has 0 aliphatic heterocycles. The molecule has 0 spiro atoms. The van der Waals surface area contributed by atoms with Crippen LogP contribution in [0.5, 0.6) is 0 Å². The molecule has 2 atom stereocenters. The maximum atomic E-state index is 10.1. The van der Waals surface area contributed by atoms with E-state index in [0.717, 1.165) is 10.4 Å². The van der Waals surface area contributed by atoms with Crippen LogP contribution in [0.15, 0.2) is 36.2 Å². The van der Waals surface area contributed by atoms with E-state index in [1.54, 1.807) is 24.1 Å². The van der Waals surface area contributed by atoms with Gasteiger partial charge in [0.25, 0.3) is 0 Å². The summed E-state index contributed by atoms with van der Waals surface area (Å²) in [7, 11) is 0. The van der Waals surface area contributed by atoms with Gasteiger partial charge >= 0.3 is 0 Å². The van der Waals surface area contributed by atoms with Gasteiger partial charge in [-0.1, -0.05) is 6.92 Å². The maximum Gasteiger partial charge on any atom is 0.0963 e. The number of aromatic nitrogens is 2. The molecule has 15 heavy (non-hydrogen) atoms. The lowest BCUT2D eigenvalue weighted by Crippen LogP contribution is -2.06. The smallest absolute Gasteiger partial charge is 0.0963 e. The molecule has 2 aromatic rings. The molecule has 2 unspecified atom stereocenters. The fraction of sp³-hybridized carbons (Fsp3) is 0.273. The van der Waals surface area contributed by atoms with Gasteiger partial charge < -0.3 is 5.11 Å². The van der Waals surface area contributed by atoms with Crippen LogP contribution in [0, 0.1) is 0 Å². The molecule has 0 radical (unpaired) electrons. The number of aliphatic hydroxyl groups is 1. The van der Waals surface area contributed by atoms with Crippen molar-refractivity contribution < 1.29 is 5.11 Å². The van der Waals surface area contributed by atoms with E-state index in [1.807, 2.05) is 19.1 Å².